The lowest BCUT2D eigenvalue weighted by atomic mass is 10.2. The lowest BCUT2D eigenvalue weighted by molar-refractivity contribution is -0.0435. The fourth-order valence-electron chi connectivity index (χ4n) is 1.93. The van der Waals surface area contributed by atoms with Crippen molar-refractivity contribution in [2.75, 3.05) is 11.9 Å². The number of rotatable bonds is 5. The molecule has 0 spiro atoms. The molecule has 1 aromatic heterocycles. The van der Waals surface area contributed by atoms with E-state index >= 15 is 0 Å². The van der Waals surface area contributed by atoms with Gasteiger partial charge >= 0.3 is 5.51 Å². The van der Waals surface area contributed by atoms with Gasteiger partial charge < -0.3 is 5.32 Å². The number of alkyl halides is 3. The molecule has 2 rings (SSSR count). The summed E-state index contributed by atoms with van der Waals surface area (Å²) in [6, 6.07) is 2.22. The Morgan fingerprint density at radius 1 is 1.30 bits per heavy atom. The maximum atomic E-state index is 13.2. The van der Waals surface area contributed by atoms with Crippen LogP contribution in [-0.2, 0) is 23.3 Å². The predicted octanol–water partition coefficient (Wildman–Crippen LogP) is 2.51. The minimum atomic E-state index is -5.64. The van der Waals surface area contributed by atoms with E-state index in [-0.39, 0.29) is 12.2 Å². The fraction of sp³-hybridized carbons (Fsp3) is 0.308. The van der Waals surface area contributed by atoms with Gasteiger partial charge in [0, 0.05) is 19.8 Å². The van der Waals surface area contributed by atoms with Crippen molar-refractivity contribution in [1.29, 1.82) is 0 Å². The first kappa shape index (κ1) is 17.3. The maximum absolute atomic E-state index is 13.2. The second-order valence-electron chi connectivity index (χ2n) is 4.79. The zero-order valence-electron chi connectivity index (χ0n) is 11.9. The van der Waals surface area contributed by atoms with Gasteiger partial charge in [0.05, 0.1) is 11.9 Å². The standard InChI is InChI=1S/C13H13F4N3O2S/c1-20-8-9(7-19-20)4-5-18-11-3-2-10(14)6-12(11)23(21,22)13(15,16)17/h2-3,6-8,18H,4-5H2,1H3. The van der Waals surface area contributed by atoms with Crippen molar-refractivity contribution in [2.24, 2.45) is 7.05 Å². The zero-order chi connectivity index (χ0) is 17.3. The number of halogens is 4. The van der Waals surface area contributed by atoms with E-state index < -0.39 is 26.1 Å². The van der Waals surface area contributed by atoms with E-state index in [2.05, 4.69) is 10.4 Å². The van der Waals surface area contributed by atoms with Gasteiger partial charge in [0.1, 0.15) is 10.7 Å². The molecule has 0 amide bonds. The van der Waals surface area contributed by atoms with Crippen LogP contribution in [-0.4, -0.2) is 30.3 Å². The van der Waals surface area contributed by atoms with Crippen LogP contribution in [0.2, 0.25) is 0 Å². The molecule has 0 aliphatic carbocycles. The highest BCUT2D eigenvalue weighted by molar-refractivity contribution is 7.92. The fourth-order valence-corrected chi connectivity index (χ4v) is 2.88. The molecule has 0 fully saturated rings. The Morgan fingerprint density at radius 3 is 2.57 bits per heavy atom. The summed E-state index contributed by atoms with van der Waals surface area (Å²) in [4.78, 5) is -1.13. The van der Waals surface area contributed by atoms with Gasteiger partial charge in [0.25, 0.3) is 9.84 Å². The monoisotopic (exact) mass is 351 g/mol. The molecule has 0 aliphatic rings. The molecule has 23 heavy (non-hydrogen) atoms. The minimum absolute atomic E-state index is 0.164. The number of hydrogen-bond acceptors (Lipinski definition) is 4. The molecule has 2 aromatic rings. The van der Waals surface area contributed by atoms with Crippen LogP contribution in [0.1, 0.15) is 5.56 Å². The minimum Gasteiger partial charge on any atom is -0.384 e. The number of aryl methyl sites for hydroxylation is 1. The molecular weight excluding hydrogens is 338 g/mol. The summed E-state index contributed by atoms with van der Waals surface area (Å²) in [5, 5.41) is 6.53. The molecule has 10 heteroatoms. The van der Waals surface area contributed by atoms with E-state index in [0.29, 0.717) is 12.5 Å². The predicted molar refractivity (Wildman–Crippen MR) is 75.0 cm³/mol. The summed E-state index contributed by atoms with van der Waals surface area (Å²) >= 11 is 0. The number of sulfone groups is 1. The highest BCUT2D eigenvalue weighted by atomic mass is 32.2. The SMILES string of the molecule is Cn1cc(CCNc2ccc(F)cc2S(=O)(=O)C(F)(F)F)cn1. The lowest BCUT2D eigenvalue weighted by Gasteiger charge is -2.14. The molecule has 0 aliphatic heterocycles. The Labute approximate surface area is 129 Å². The maximum Gasteiger partial charge on any atom is 0.501 e. The van der Waals surface area contributed by atoms with E-state index in [1.165, 1.54) is 0 Å². The highest BCUT2D eigenvalue weighted by Gasteiger charge is 2.48. The van der Waals surface area contributed by atoms with Crippen LogP contribution < -0.4 is 5.32 Å². The molecule has 0 saturated carbocycles. The normalized spacial score (nSPS) is 12.4. The first-order valence-corrected chi connectivity index (χ1v) is 7.92. The molecule has 1 heterocycles. The second-order valence-corrected chi connectivity index (χ2v) is 6.70. The van der Waals surface area contributed by atoms with Gasteiger partial charge in [0.15, 0.2) is 0 Å². The van der Waals surface area contributed by atoms with E-state index in [1.54, 1.807) is 24.1 Å². The Morgan fingerprint density at radius 2 is 2.00 bits per heavy atom. The molecule has 126 valence electrons. The van der Waals surface area contributed by atoms with Gasteiger partial charge in [-0.25, -0.2) is 12.8 Å². The number of aromatic nitrogens is 2. The quantitative estimate of drug-likeness (QED) is 0.841. The van der Waals surface area contributed by atoms with Crippen molar-refractivity contribution in [1.82, 2.24) is 9.78 Å². The van der Waals surface area contributed by atoms with Gasteiger partial charge in [-0.05, 0) is 30.2 Å². The van der Waals surface area contributed by atoms with E-state index in [4.69, 9.17) is 0 Å². The summed E-state index contributed by atoms with van der Waals surface area (Å²) < 4.78 is 75.8. The van der Waals surface area contributed by atoms with Gasteiger partial charge in [-0.2, -0.15) is 18.3 Å². The molecule has 1 aromatic carbocycles. The molecule has 0 saturated heterocycles. The number of benzene rings is 1. The van der Waals surface area contributed by atoms with Crippen LogP contribution in [0.15, 0.2) is 35.5 Å². The van der Waals surface area contributed by atoms with Crippen molar-refractivity contribution >= 4 is 15.5 Å². The molecule has 5 nitrogen and oxygen atoms in total. The lowest BCUT2D eigenvalue weighted by Crippen LogP contribution is -2.24. The Balaban J connectivity index is 2.22. The van der Waals surface area contributed by atoms with Crippen molar-refractivity contribution < 1.29 is 26.0 Å². The van der Waals surface area contributed by atoms with Crippen molar-refractivity contribution in [3.05, 3.63) is 42.0 Å². The largest absolute Gasteiger partial charge is 0.501 e. The smallest absolute Gasteiger partial charge is 0.384 e. The summed E-state index contributed by atoms with van der Waals surface area (Å²) in [6.07, 6.45) is 3.72. The van der Waals surface area contributed by atoms with Crippen molar-refractivity contribution in [2.45, 2.75) is 16.8 Å². The van der Waals surface area contributed by atoms with Gasteiger partial charge in [-0.1, -0.05) is 0 Å². The average molecular weight is 351 g/mol. The Bertz CT molecular complexity index is 800. The summed E-state index contributed by atoms with van der Waals surface area (Å²) in [7, 11) is -3.93. The van der Waals surface area contributed by atoms with E-state index in [9.17, 15) is 26.0 Å². The number of anilines is 1. The molecule has 1 N–H and O–H groups in total. The first-order chi connectivity index (χ1) is 10.6. The highest BCUT2D eigenvalue weighted by Crippen LogP contribution is 2.34. The average Bonchev–Trinajstić information content (AvgIpc) is 2.84. The van der Waals surface area contributed by atoms with Crippen LogP contribution in [0.3, 0.4) is 0 Å². The summed E-state index contributed by atoms with van der Waals surface area (Å²) in [5.74, 6) is -1.06. The Kier molecular flexibility index (Phi) is 4.64. The second kappa shape index (κ2) is 6.19. The van der Waals surface area contributed by atoms with E-state index in [0.717, 1.165) is 17.7 Å². The topological polar surface area (TPSA) is 64.0 Å². The van der Waals surface area contributed by atoms with Crippen molar-refractivity contribution in [3.63, 3.8) is 0 Å². The van der Waals surface area contributed by atoms with Crippen LogP contribution in [0.4, 0.5) is 23.2 Å². The molecular formula is C13H13F4N3O2S. The Hall–Kier alpha value is -2.10. The van der Waals surface area contributed by atoms with E-state index in [1.807, 2.05) is 0 Å². The van der Waals surface area contributed by atoms with Gasteiger partial charge in [0.2, 0.25) is 0 Å². The van der Waals surface area contributed by atoms with Crippen LogP contribution >= 0.6 is 0 Å². The third-order valence-corrected chi connectivity index (χ3v) is 4.55. The third kappa shape index (κ3) is 3.81. The summed E-state index contributed by atoms with van der Waals surface area (Å²) in [5.41, 5.74) is -4.98. The molecule has 0 atom stereocenters. The van der Waals surface area contributed by atoms with Gasteiger partial charge in [-0.15, -0.1) is 0 Å². The molecule has 0 radical (unpaired) electrons. The molecule has 0 bridgehead atoms. The zero-order valence-corrected chi connectivity index (χ0v) is 12.7. The summed E-state index contributed by atoms with van der Waals surface area (Å²) in [6.45, 7) is 0.164. The number of hydrogen-bond donors (Lipinski definition) is 1. The van der Waals surface area contributed by atoms with Crippen LogP contribution in [0.25, 0.3) is 0 Å². The number of nitrogens with one attached hydrogen (secondary N) is 1. The first-order valence-electron chi connectivity index (χ1n) is 6.43. The third-order valence-electron chi connectivity index (χ3n) is 3.03. The van der Waals surface area contributed by atoms with Crippen LogP contribution in [0.5, 0.6) is 0 Å². The number of nitrogens with zero attached hydrogens (tertiary/aromatic N) is 2. The van der Waals surface area contributed by atoms with Crippen molar-refractivity contribution in [3.8, 4) is 0 Å². The van der Waals surface area contributed by atoms with Gasteiger partial charge in [-0.3, -0.25) is 4.68 Å². The van der Waals surface area contributed by atoms with Crippen LogP contribution in [0, 0.1) is 5.82 Å². The molecule has 0 unspecified atom stereocenters.